The SMILES string of the molecule is CNC(=O)[C@H](Cc1ccccc1)N(Cc1ccccc1Cl)C(=O)CN(c1cccc(C)c1)S(=O)(=O)c1ccc(Cl)cc1. The molecule has 42 heavy (non-hydrogen) atoms. The van der Waals surface area contributed by atoms with E-state index in [1.165, 1.54) is 36.2 Å². The lowest BCUT2D eigenvalue weighted by molar-refractivity contribution is -0.139. The molecule has 0 aliphatic carbocycles. The first kappa shape index (κ1) is 31.1. The highest BCUT2D eigenvalue weighted by Gasteiger charge is 2.34. The highest BCUT2D eigenvalue weighted by Crippen LogP contribution is 2.27. The van der Waals surface area contributed by atoms with Gasteiger partial charge in [0.25, 0.3) is 10.0 Å². The first-order valence-electron chi connectivity index (χ1n) is 13.2. The largest absolute Gasteiger partial charge is 0.357 e. The van der Waals surface area contributed by atoms with Crippen molar-refractivity contribution in [3.05, 3.63) is 130 Å². The monoisotopic (exact) mass is 623 g/mol. The summed E-state index contributed by atoms with van der Waals surface area (Å²) >= 11 is 12.5. The van der Waals surface area contributed by atoms with Crippen LogP contribution < -0.4 is 9.62 Å². The van der Waals surface area contributed by atoms with Gasteiger partial charge in [-0.1, -0.05) is 83.9 Å². The quantitative estimate of drug-likeness (QED) is 0.226. The Kier molecular flexibility index (Phi) is 10.3. The molecule has 0 radical (unpaired) electrons. The summed E-state index contributed by atoms with van der Waals surface area (Å²) in [4.78, 5) is 29.0. The van der Waals surface area contributed by atoms with Crippen molar-refractivity contribution < 1.29 is 18.0 Å². The first-order valence-corrected chi connectivity index (χ1v) is 15.4. The van der Waals surface area contributed by atoms with E-state index in [1.807, 2.05) is 43.3 Å². The molecule has 0 aromatic heterocycles. The van der Waals surface area contributed by atoms with Crippen molar-refractivity contribution >= 4 is 50.7 Å². The predicted molar refractivity (Wildman–Crippen MR) is 167 cm³/mol. The number of carbonyl (C=O) groups excluding carboxylic acids is 2. The lowest BCUT2D eigenvalue weighted by atomic mass is 10.0. The second-order valence-electron chi connectivity index (χ2n) is 9.74. The van der Waals surface area contributed by atoms with Crippen molar-refractivity contribution in [1.82, 2.24) is 10.2 Å². The predicted octanol–water partition coefficient (Wildman–Crippen LogP) is 5.88. The summed E-state index contributed by atoms with van der Waals surface area (Å²) < 4.78 is 29.0. The number of amides is 2. The molecule has 7 nitrogen and oxygen atoms in total. The Morgan fingerprint density at radius 3 is 2.17 bits per heavy atom. The zero-order valence-corrected chi connectivity index (χ0v) is 25.5. The highest BCUT2D eigenvalue weighted by molar-refractivity contribution is 7.92. The summed E-state index contributed by atoms with van der Waals surface area (Å²) in [5.41, 5.74) is 2.59. The molecule has 0 aliphatic rings. The van der Waals surface area contributed by atoms with Crippen molar-refractivity contribution in [2.75, 3.05) is 17.9 Å². The molecule has 1 N–H and O–H groups in total. The molecule has 0 unspecified atom stereocenters. The number of halogens is 2. The summed E-state index contributed by atoms with van der Waals surface area (Å²) in [6.07, 6.45) is 0.213. The van der Waals surface area contributed by atoms with Gasteiger partial charge in [0.1, 0.15) is 12.6 Å². The molecule has 218 valence electrons. The Morgan fingerprint density at radius 1 is 0.857 bits per heavy atom. The van der Waals surface area contributed by atoms with Crippen LogP contribution in [0.3, 0.4) is 0 Å². The molecule has 4 rings (SSSR count). The van der Waals surface area contributed by atoms with Gasteiger partial charge in [-0.15, -0.1) is 0 Å². The fourth-order valence-electron chi connectivity index (χ4n) is 4.58. The van der Waals surface area contributed by atoms with E-state index >= 15 is 0 Å². The molecular formula is C32H31Cl2N3O4S. The van der Waals surface area contributed by atoms with Crippen LogP contribution in [0.4, 0.5) is 5.69 Å². The normalized spacial score (nSPS) is 11.9. The van der Waals surface area contributed by atoms with Gasteiger partial charge in [-0.2, -0.15) is 0 Å². The van der Waals surface area contributed by atoms with Crippen molar-refractivity contribution in [1.29, 1.82) is 0 Å². The minimum Gasteiger partial charge on any atom is -0.357 e. The van der Waals surface area contributed by atoms with Gasteiger partial charge in [0.15, 0.2) is 0 Å². The number of anilines is 1. The van der Waals surface area contributed by atoms with E-state index in [0.29, 0.717) is 21.3 Å². The van der Waals surface area contributed by atoms with Crippen LogP contribution in [0.2, 0.25) is 10.0 Å². The minimum absolute atomic E-state index is 0.00786. The zero-order chi connectivity index (χ0) is 30.3. The maximum atomic E-state index is 14.3. The van der Waals surface area contributed by atoms with Crippen LogP contribution in [0.15, 0.2) is 108 Å². The van der Waals surface area contributed by atoms with Gasteiger partial charge in [0.2, 0.25) is 11.8 Å². The minimum atomic E-state index is -4.21. The smallest absolute Gasteiger partial charge is 0.264 e. The molecule has 4 aromatic rings. The van der Waals surface area contributed by atoms with Crippen LogP contribution in [0.25, 0.3) is 0 Å². The van der Waals surface area contributed by atoms with Crippen LogP contribution >= 0.6 is 23.2 Å². The second kappa shape index (κ2) is 13.9. The maximum Gasteiger partial charge on any atom is 0.264 e. The molecule has 0 aliphatic heterocycles. The molecule has 0 bridgehead atoms. The Balaban J connectivity index is 1.80. The third-order valence-electron chi connectivity index (χ3n) is 6.79. The van der Waals surface area contributed by atoms with Crippen LogP contribution in [-0.2, 0) is 32.6 Å². The van der Waals surface area contributed by atoms with Gasteiger partial charge in [0.05, 0.1) is 10.6 Å². The van der Waals surface area contributed by atoms with E-state index in [0.717, 1.165) is 15.4 Å². The fourth-order valence-corrected chi connectivity index (χ4v) is 6.30. The number of nitrogens with one attached hydrogen (secondary N) is 1. The topological polar surface area (TPSA) is 86.8 Å². The number of hydrogen-bond donors (Lipinski definition) is 1. The number of likely N-dealkylation sites (N-methyl/N-ethyl adjacent to an activating group) is 1. The van der Waals surface area contributed by atoms with Gasteiger partial charge >= 0.3 is 0 Å². The first-order chi connectivity index (χ1) is 20.1. The van der Waals surface area contributed by atoms with E-state index in [2.05, 4.69) is 5.32 Å². The summed E-state index contributed by atoms with van der Waals surface area (Å²) in [5, 5.41) is 3.47. The van der Waals surface area contributed by atoms with Crippen molar-refractivity contribution in [3.8, 4) is 0 Å². The van der Waals surface area contributed by atoms with Crippen molar-refractivity contribution in [2.24, 2.45) is 0 Å². The Bertz CT molecular complexity index is 1650. The molecule has 0 spiro atoms. The molecule has 10 heteroatoms. The number of rotatable bonds is 11. The number of hydrogen-bond acceptors (Lipinski definition) is 4. The van der Waals surface area contributed by atoms with Crippen LogP contribution in [0.1, 0.15) is 16.7 Å². The van der Waals surface area contributed by atoms with E-state index in [-0.39, 0.29) is 23.8 Å². The lowest BCUT2D eigenvalue weighted by Gasteiger charge is -2.33. The average molecular weight is 625 g/mol. The number of carbonyl (C=O) groups is 2. The summed E-state index contributed by atoms with van der Waals surface area (Å²) in [5.74, 6) is -0.958. The standard InChI is InChI=1S/C32H31Cl2N3O4S/c1-23-9-8-13-27(19-23)37(42(40,41)28-17-15-26(33)16-18-28)22-31(38)36(21-25-12-6-7-14-29(25)34)30(32(39)35-2)20-24-10-4-3-5-11-24/h3-19,30H,20-22H2,1-2H3,(H,35,39)/t30-/m0/s1. The van der Waals surface area contributed by atoms with Crippen molar-refractivity contribution in [2.45, 2.75) is 30.8 Å². The molecule has 0 saturated carbocycles. The number of nitrogens with zero attached hydrogens (tertiary/aromatic N) is 2. The van der Waals surface area contributed by atoms with E-state index < -0.39 is 28.5 Å². The van der Waals surface area contributed by atoms with E-state index in [1.54, 1.807) is 42.5 Å². The second-order valence-corrected chi connectivity index (χ2v) is 12.4. The highest BCUT2D eigenvalue weighted by atomic mass is 35.5. The number of sulfonamides is 1. The Morgan fingerprint density at radius 2 is 1.52 bits per heavy atom. The van der Waals surface area contributed by atoms with Gasteiger partial charge in [-0.05, 0) is 66.1 Å². The molecule has 0 heterocycles. The summed E-state index contributed by atoms with van der Waals surface area (Å²) in [7, 11) is -2.70. The van der Waals surface area contributed by atoms with Gasteiger partial charge in [0, 0.05) is 30.1 Å². The summed E-state index contributed by atoms with van der Waals surface area (Å²) in [6.45, 7) is 1.27. The maximum absolute atomic E-state index is 14.3. The van der Waals surface area contributed by atoms with Gasteiger partial charge < -0.3 is 10.2 Å². The van der Waals surface area contributed by atoms with E-state index in [4.69, 9.17) is 23.2 Å². The number of benzene rings is 4. The van der Waals surface area contributed by atoms with Crippen molar-refractivity contribution in [3.63, 3.8) is 0 Å². The lowest BCUT2D eigenvalue weighted by Crippen LogP contribution is -2.53. The molecule has 1 atom stereocenters. The zero-order valence-electron chi connectivity index (χ0n) is 23.2. The van der Waals surface area contributed by atoms with Crippen LogP contribution in [0, 0.1) is 6.92 Å². The van der Waals surface area contributed by atoms with Gasteiger partial charge in [-0.25, -0.2) is 8.42 Å². The van der Waals surface area contributed by atoms with Crippen LogP contribution in [-0.4, -0.2) is 44.8 Å². The van der Waals surface area contributed by atoms with Gasteiger partial charge in [-0.3, -0.25) is 13.9 Å². The molecule has 4 aromatic carbocycles. The number of aryl methyl sites for hydroxylation is 1. The average Bonchev–Trinajstić information content (AvgIpc) is 2.98. The molecular weight excluding hydrogens is 593 g/mol. The Labute approximate surface area is 256 Å². The van der Waals surface area contributed by atoms with E-state index in [9.17, 15) is 18.0 Å². The van der Waals surface area contributed by atoms with Crippen LogP contribution in [0.5, 0.6) is 0 Å². The summed E-state index contributed by atoms with van der Waals surface area (Å²) in [6, 6.07) is 28.1. The Hall–Kier alpha value is -3.85. The molecule has 2 amide bonds. The fraction of sp³-hybridized carbons (Fsp3) is 0.188. The molecule has 0 fully saturated rings. The third kappa shape index (κ3) is 7.50. The third-order valence-corrected chi connectivity index (χ3v) is 9.19. The molecule has 0 saturated heterocycles.